The van der Waals surface area contributed by atoms with Gasteiger partial charge in [0.15, 0.2) is 11.5 Å². The van der Waals surface area contributed by atoms with Gasteiger partial charge in [-0.1, -0.05) is 76.2 Å². The third-order valence-electron chi connectivity index (χ3n) is 8.84. The lowest BCUT2D eigenvalue weighted by Gasteiger charge is -2.34. The molecule has 3 aromatic rings. The van der Waals surface area contributed by atoms with E-state index in [1.807, 2.05) is 32.1 Å². The maximum absolute atomic E-state index is 11.0. The third-order valence-corrected chi connectivity index (χ3v) is 8.84. The van der Waals surface area contributed by atoms with Gasteiger partial charge >= 0.3 is 0 Å². The molecular weight excluding hydrogens is 512 g/mol. The molecule has 2 N–H and O–H groups in total. The van der Waals surface area contributed by atoms with Gasteiger partial charge < -0.3 is 14.9 Å². The molecule has 5 heteroatoms. The lowest BCUT2D eigenvalue weighted by molar-refractivity contribution is -0.271. The first-order chi connectivity index (χ1) is 19.6. The van der Waals surface area contributed by atoms with Crippen LogP contribution in [0.4, 0.5) is 0 Å². The van der Waals surface area contributed by atoms with Crippen LogP contribution in [0.5, 0.6) is 11.5 Å². The highest BCUT2D eigenvalue weighted by Crippen LogP contribution is 2.44. The summed E-state index contributed by atoms with van der Waals surface area (Å²) in [4.78, 5) is 9.80. The minimum absolute atomic E-state index is 0.134. The number of phenols is 1. The van der Waals surface area contributed by atoms with Gasteiger partial charge in [0.1, 0.15) is 0 Å². The molecule has 0 spiro atoms. The van der Waals surface area contributed by atoms with Gasteiger partial charge in [-0.25, -0.2) is 9.78 Å². The van der Waals surface area contributed by atoms with Crippen LogP contribution in [0.2, 0.25) is 0 Å². The number of aliphatic hydroxyl groups is 1. The number of methoxy groups -OCH3 is 1. The van der Waals surface area contributed by atoms with Gasteiger partial charge in [-0.3, -0.25) is 0 Å². The van der Waals surface area contributed by atoms with Gasteiger partial charge in [-0.05, 0) is 97.0 Å². The molecule has 5 nitrogen and oxygen atoms in total. The van der Waals surface area contributed by atoms with Crippen molar-refractivity contribution in [2.45, 2.75) is 84.7 Å². The Morgan fingerprint density at radius 2 is 1.41 bits per heavy atom. The number of aryl methyl sites for hydroxylation is 2. The summed E-state index contributed by atoms with van der Waals surface area (Å²) in [5.74, 6) is 0.574. The van der Waals surface area contributed by atoms with Crippen LogP contribution in [0.25, 0.3) is 17.2 Å². The molecule has 222 valence electrons. The first kappa shape index (κ1) is 32.4. The Hall–Kier alpha value is -3.12. The van der Waals surface area contributed by atoms with E-state index in [-0.39, 0.29) is 11.2 Å². The predicted octanol–water partition coefficient (Wildman–Crippen LogP) is 8.48. The molecule has 41 heavy (non-hydrogen) atoms. The number of phenolic OH excluding ortho intramolecular Hbond substituents is 1. The van der Waals surface area contributed by atoms with Crippen molar-refractivity contribution in [2.24, 2.45) is 0 Å². The molecule has 0 radical (unpaired) electrons. The highest BCUT2D eigenvalue weighted by atomic mass is 17.2. The Bertz CT molecular complexity index is 1330. The lowest BCUT2D eigenvalue weighted by atomic mass is 9.69. The topological polar surface area (TPSA) is 68.2 Å². The van der Waals surface area contributed by atoms with Crippen LogP contribution in [0.1, 0.15) is 86.8 Å². The van der Waals surface area contributed by atoms with E-state index in [9.17, 15) is 10.2 Å². The van der Waals surface area contributed by atoms with Crippen molar-refractivity contribution >= 4 is 6.08 Å². The van der Waals surface area contributed by atoms with Crippen molar-refractivity contribution in [2.75, 3.05) is 20.8 Å². The standard InChI is InChI=1S/C36H48O5/c1-9-35(38,10-2)19-17-28-13-14-29(21-25(28)5)36(11-3,12-4)30-15-16-31(26(6)22-30)32-23-27(18-20-41-40-8)24-33(39-7)34(32)37/h13-17,19,21-24,37-38H,9-12,18,20H2,1-8H3/b19-17+. The first-order valence-electron chi connectivity index (χ1n) is 14.8. The largest absolute Gasteiger partial charge is 0.504 e. The first-order valence-corrected chi connectivity index (χ1v) is 14.8. The van der Waals surface area contributed by atoms with Crippen LogP contribution >= 0.6 is 0 Å². The molecule has 3 aromatic carbocycles. The summed E-state index contributed by atoms with van der Waals surface area (Å²) in [6, 6.07) is 17.1. The van der Waals surface area contributed by atoms with Crippen LogP contribution in [0, 0.1) is 13.8 Å². The van der Waals surface area contributed by atoms with Gasteiger partial charge in [-0.2, -0.15) is 0 Å². The molecule has 0 saturated heterocycles. The average Bonchev–Trinajstić information content (AvgIpc) is 2.98. The fourth-order valence-corrected chi connectivity index (χ4v) is 5.80. The lowest BCUT2D eigenvalue weighted by Crippen LogP contribution is -2.26. The number of rotatable bonds is 14. The van der Waals surface area contributed by atoms with Crippen LogP contribution in [-0.4, -0.2) is 36.6 Å². The monoisotopic (exact) mass is 560 g/mol. The summed E-state index contributed by atoms with van der Waals surface area (Å²) in [6.07, 6.45) is 7.92. The van der Waals surface area contributed by atoms with Crippen molar-refractivity contribution < 1.29 is 24.7 Å². The zero-order chi connectivity index (χ0) is 30.2. The van der Waals surface area contributed by atoms with Gasteiger partial charge in [0.25, 0.3) is 0 Å². The van der Waals surface area contributed by atoms with Crippen molar-refractivity contribution in [1.29, 1.82) is 0 Å². The molecule has 0 aliphatic carbocycles. The highest BCUT2D eigenvalue weighted by molar-refractivity contribution is 5.77. The minimum Gasteiger partial charge on any atom is -0.504 e. The summed E-state index contributed by atoms with van der Waals surface area (Å²) in [5.41, 5.74) is 7.74. The number of ether oxygens (including phenoxy) is 1. The van der Waals surface area contributed by atoms with E-state index in [0.717, 1.165) is 40.7 Å². The summed E-state index contributed by atoms with van der Waals surface area (Å²) in [5, 5.41) is 21.8. The van der Waals surface area contributed by atoms with Gasteiger partial charge in [0, 0.05) is 11.0 Å². The molecule has 0 bridgehead atoms. The van der Waals surface area contributed by atoms with E-state index in [1.165, 1.54) is 23.8 Å². The maximum atomic E-state index is 11.0. The molecule has 0 amide bonds. The molecule has 0 fully saturated rings. The van der Waals surface area contributed by atoms with E-state index in [4.69, 9.17) is 14.5 Å². The SMILES string of the molecule is CCC(O)(/C=C/c1ccc(C(CC)(CC)c2ccc(-c3cc(CCOOC)cc(OC)c3O)c(C)c2)cc1C)CC. The molecule has 0 atom stereocenters. The molecular formula is C36H48O5. The van der Waals surface area contributed by atoms with Crippen LogP contribution in [-0.2, 0) is 21.6 Å². The normalized spacial score (nSPS) is 12.3. The van der Waals surface area contributed by atoms with Gasteiger partial charge in [-0.15, -0.1) is 0 Å². The molecule has 0 saturated carbocycles. The zero-order valence-electron chi connectivity index (χ0n) is 26.1. The van der Waals surface area contributed by atoms with Crippen molar-refractivity contribution in [3.8, 4) is 22.6 Å². The van der Waals surface area contributed by atoms with E-state index < -0.39 is 5.60 Å². The van der Waals surface area contributed by atoms with Crippen LogP contribution in [0.15, 0.2) is 54.6 Å². The zero-order valence-corrected chi connectivity index (χ0v) is 26.1. The van der Waals surface area contributed by atoms with Gasteiger partial charge in [0.05, 0.1) is 26.4 Å². The maximum Gasteiger partial charge on any atom is 0.165 e. The van der Waals surface area contributed by atoms with Crippen LogP contribution < -0.4 is 4.74 Å². The fourth-order valence-electron chi connectivity index (χ4n) is 5.80. The second-order valence-corrected chi connectivity index (χ2v) is 11.0. The molecule has 0 heterocycles. The van der Waals surface area contributed by atoms with Crippen molar-refractivity contribution in [3.05, 3.63) is 88.0 Å². The van der Waals surface area contributed by atoms with E-state index >= 15 is 0 Å². The number of hydrogen-bond donors (Lipinski definition) is 2. The smallest absolute Gasteiger partial charge is 0.165 e. The Balaban J connectivity index is 2.04. The quantitative estimate of drug-likeness (QED) is 0.118. The summed E-state index contributed by atoms with van der Waals surface area (Å²) < 4.78 is 5.49. The molecule has 0 aliphatic heterocycles. The summed E-state index contributed by atoms with van der Waals surface area (Å²) >= 11 is 0. The minimum atomic E-state index is -0.767. The molecule has 3 rings (SSSR count). The fraction of sp³-hybridized carbons (Fsp3) is 0.444. The second kappa shape index (κ2) is 14.2. The Morgan fingerprint density at radius 3 is 1.95 bits per heavy atom. The molecule has 0 aromatic heterocycles. The van der Waals surface area contributed by atoms with Crippen molar-refractivity contribution in [3.63, 3.8) is 0 Å². The average molecular weight is 561 g/mol. The molecule has 0 unspecified atom stereocenters. The van der Waals surface area contributed by atoms with Crippen LogP contribution in [0.3, 0.4) is 0 Å². The summed E-state index contributed by atoms with van der Waals surface area (Å²) in [6.45, 7) is 13.2. The van der Waals surface area contributed by atoms with E-state index in [1.54, 1.807) is 7.11 Å². The third kappa shape index (κ3) is 7.03. The second-order valence-electron chi connectivity index (χ2n) is 11.0. The molecule has 0 aliphatic rings. The van der Waals surface area contributed by atoms with Gasteiger partial charge in [0.2, 0.25) is 0 Å². The Morgan fingerprint density at radius 1 is 0.780 bits per heavy atom. The number of aromatic hydroxyl groups is 1. The van der Waals surface area contributed by atoms with E-state index in [2.05, 4.69) is 70.2 Å². The number of benzene rings is 3. The predicted molar refractivity (Wildman–Crippen MR) is 169 cm³/mol. The van der Waals surface area contributed by atoms with E-state index in [0.29, 0.717) is 31.6 Å². The van der Waals surface area contributed by atoms with Crippen molar-refractivity contribution in [1.82, 2.24) is 0 Å². The summed E-state index contributed by atoms with van der Waals surface area (Å²) in [7, 11) is 3.06. The highest BCUT2D eigenvalue weighted by Gasteiger charge is 2.31. The number of hydrogen-bond acceptors (Lipinski definition) is 5. The Labute approximate surface area is 246 Å². The Kier molecular flexibility index (Phi) is 11.2.